The van der Waals surface area contributed by atoms with E-state index in [4.69, 9.17) is 0 Å². The lowest BCUT2D eigenvalue weighted by atomic mass is 9.92. The van der Waals surface area contributed by atoms with Crippen LogP contribution < -0.4 is 5.32 Å². The fourth-order valence-electron chi connectivity index (χ4n) is 5.78. The maximum atomic E-state index is 15.2. The van der Waals surface area contributed by atoms with Crippen molar-refractivity contribution >= 4 is 17.7 Å². The fourth-order valence-corrected chi connectivity index (χ4v) is 5.78. The molecule has 2 aromatic rings. The first-order chi connectivity index (χ1) is 19.8. The van der Waals surface area contributed by atoms with Crippen LogP contribution in [0.15, 0.2) is 48.5 Å². The van der Waals surface area contributed by atoms with Crippen LogP contribution in [0.3, 0.4) is 0 Å². The molecule has 0 bridgehead atoms. The average Bonchev–Trinajstić information content (AvgIpc) is 3.54. The Morgan fingerprint density at radius 2 is 1.79 bits per heavy atom. The van der Waals surface area contributed by atoms with Crippen molar-refractivity contribution < 1.29 is 36.3 Å². The summed E-state index contributed by atoms with van der Waals surface area (Å²) in [5, 5.41) is 2.88. The highest BCUT2D eigenvalue weighted by Crippen LogP contribution is 2.48. The molecule has 0 unspecified atom stereocenters. The zero-order valence-corrected chi connectivity index (χ0v) is 23.2. The van der Waals surface area contributed by atoms with Crippen LogP contribution in [0.1, 0.15) is 48.9 Å². The SMILES string of the molecule is CC1(c2ccc([C@@H](NC(=O)[C@@H]3C[C@@H](F)CN3C(=O)CN3CCN(CC(F)(F)F)CC3=O)c3ccccc3)cc2F)CC1. The summed E-state index contributed by atoms with van der Waals surface area (Å²) in [4.78, 5) is 42.4. The standard InChI is InChI=1S/C30H33F5N4O3/c1-29(9-10-29)22-8-7-20(13-23(22)32)27(19-5-3-2-4-6-19)36-28(42)24-14-21(31)15-39(24)26(41)17-38-12-11-37(16-25(38)40)18-30(33,34)35/h2-8,13,21,24,27H,9-12,14-18H2,1H3,(H,36,42)/t21-,24+,27+/m1/s1. The minimum atomic E-state index is -4.45. The van der Waals surface area contributed by atoms with Gasteiger partial charge in [-0.2, -0.15) is 13.2 Å². The molecule has 2 aliphatic heterocycles. The number of halogens is 5. The highest BCUT2D eigenvalue weighted by molar-refractivity contribution is 5.91. The van der Waals surface area contributed by atoms with E-state index in [1.807, 2.05) is 6.92 Å². The number of carbonyl (C=O) groups excluding carboxylic acids is 3. The van der Waals surface area contributed by atoms with Crippen LogP contribution in [0.5, 0.6) is 0 Å². The van der Waals surface area contributed by atoms with Gasteiger partial charge < -0.3 is 15.1 Å². The molecule has 2 saturated heterocycles. The monoisotopic (exact) mass is 592 g/mol. The van der Waals surface area contributed by atoms with Gasteiger partial charge in [-0.1, -0.05) is 49.4 Å². The molecule has 7 nitrogen and oxygen atoms in total. The van der Waals surface area contributed by atoms with Crippen LogP contribution in [0.25, 0.3) is 0 Å². The lowest BCUT2D eigenvalue weighted by Gasteiger charge is -2.35. The van der Waals surface area contributed by atoms with Gasteiger partial charge in [-0.05, 0) is 41.0 Å². The van der Waals surface area contributed by atoms with E-state index in [1.54, 1.807) is 42.5 Å². The summed E-state index contributed by atoms with van der Waals surface area (Å²) in [5.74, 6) is -2.32. The molecule has 1 saturated carbocycles. The van der Waals surface area contributed by atoms with E-state index in [0.717, 1.165) is 27.5 Å². The lowest BCUT2D eigenvalue weighted by Crippen LogP contribution is -2.56. The minimum absolute atomic E-state index is 0.0680. The molecule has 0 aromatic heterocycles. The van der Waals surface area contributed by atoms with Gasteiger partial charge in [0.2, 0.25) is 17.7 Å². The summed E-state index contributed by atoms with van der Waals surface area (Å²) in [5.41, 5.74) is 1.59. The van der Waals surface area contributed by atoms with Gasteiger partial charge in [-0.3, -0.25) is 19.3 Å². The zero-order valence-electron chi connectivity index (χ0n) is 23.2. The summed E-state index contributed by atoms with van der Waals surface area (Å²) < 4.78 is 67.9. The molecule has 2 heterocycles. The Kier molecular flexibility index (Phi) is 8.28. The molecule has 3 fully saturated rings. The van der Waals surface area contributed by atoms with Crippen molar-refractivity contribution in [2.75, 3.05) is 39.3 Å². The van der Waals surface area contributed by atoms with Crippen molar-refractivity contribution in [2.45, 2.75) is 56.0 Å². The maximum absolute atomic E-state index is 15.2. The van der Waals surface area contributed by atoms with Crippen LogP contribution >= 0.6 is 0 Å². The van der Waals surface area contributed by atoms with Crippen LogP contribution in [0.2, 0.25) is 0 Å². The van der Waals surface area contributed by atoms with Crippen LogP contribution in [0.4, 0.5) is 22.0 Å². The summed E-state index contributed by atoms with van der Waals surface area (Å²) in [6.45, 7) is -0.707. The second-order valence-electron chi connectivity index (χ2n) is 11.7. The third-order valence-corrected chi connectivity index (χ3v) is 8.40. The number of amides is 3. The summed E-state index contributed by atoms with van der Waals surface area (Å²) in [6, 6.07) is 11.9. The summed E-state index contributed by atoms with van der Waals surface area (Å²) in [6.07, 6.45) is -4.39. The predicted molar refractivity (Wildman–Crippen MR) is 144 cm³/mol. The van der Waals surface area contributed by atoms with Gasteiger partial charge >= 0.3 is 6.18 Å². The van der Waals surface area contributed by atoms with Crippen LogP contribution in [-0.2, 0) is 19.8 Å². The van der Waals surface area contributed by atoms with Gasteiger partial charge in [0, 0.05) is 19.5 Å². The Labute approximate surface area is 240 Å². The van der Waals surface area contributed by atoms with E-state index in [-0.39, 0.29) is 37.3 Å². The zero-order chi connectivity index (χ0) is 30.2. The van der Waals surface area contributed by atoms with E-state index in [2.05, 4.69) is 5.32 Å². The molecule has 3 amide bonds. The second kappa shape index (κ2) is 11.6. The predicted octanol–water partition coefficient (Wildman–Crippen LogP) is 3.73. The highest BCUT2D eigenvalue weighted by atomic mass is 19.4. The first-order valence-corrected chi connectivity index (χ1v) is 14.0. The molecular weight excluding hydrogens is 559 g/mol. The minimum Gasteiger partial charge on any atom is -0.343 e. The molecule has 0 spiro atoms. The highest BCUT2D eigenvalue weighted by Gasteiger charge is 2.43. The van der Waals surface area contributed by atoms with Gasteiger partial charge in [-0.15, -0.1) is 0 Å². The number of hydrogen-bond acceptors (Lipinski definition) is 4. The Bertz CT molecular complexity index is 1330. The van der Waals surface area contributed by atoms with Gasteiger partial charge in [0.1, 0.15) is 18.0 Å². The first kappa shape index (κ1) is 29.9. The number of piperazine rings is 1. The molecule has 42 heavy (non-hydrogen) atoms. The number of alkyl halides is 4. The number of carbonyl (C=O) groups is 3. The van der Waals surface area contributed by atoms with Gasteiger partial charge in [-0.25, -0.2) is 8.78 Å². The smallest absolute Gasteiger partial charge is 0.343 e. The van der Waals surface area contributed by atoms with Crippen molar-refractivity contribution in [3.05, 3.63) is 71.0 Å². The van der Waals surface area contributed by atoms with Crippen LogP contribution in [0, 0.1) is 5.82 Å². The Balaban J connectivity index is 1.29. The molecule has 2 aromatic carbocycles. The molecular formula is C30H33F5N4O3. The number of benzene rings is 2. The quantitative estimate of drug-likeness (QED) is 0.475. The second-order valence-corrected chi connectivity index (χ2v) is 11.7. The van der Waals surface area contributed by atoms with Crippen molar-refractivity contribution in [3.8, 4) is 0 Å². The summed E-state index contributed by atoms with van der Waals surface area (Å²) in [7, 11) is 0. The number of nitrogens with zero attached hydrogens (tertiary/aromatic N) is 3. The molecule has 1 N–H and O–H groups in total. The third-order valence-electron chi connectivity index (χ3n) is 8.40. The van der Waals surface area contributed by atoms with Gasteiger partial charge in [0.25, 0.3) is 0 Å². The molecule has 3 atom stereocenters. The average molecular weight is 593 g/mol. The van der Waals surface area contributed by atoms with E-state index >= 15 is 4.39 Å². The molecule has 1 aliphatic carbocycles. The third kappa shape index (κ3) is 6.74. The maximum Gasteiger partial charge on any atom is 0.401 e. The molecule has 3 aliphatic rings. The van der Waals surface area contributed by atoms with Crippen molar-refractivity contribution in [1.29, 1.82) is 0 Å². The number of nitrogens with one attached hydrogen (secondary N) is 1. The topological polar surface area (TPSA) is 73.0 Å². The number of rotatable bonds is 8. The van der Waals surface area contributed by atoms with Crippen LogP contribution in [-0.4, -0.2) is 90.1 Å². The fraction of sp³-hybridized carbons (Fsp3) is 0.500. The molecule has 226 valence electrons. The Morgan fingerprint density at radius 1 is 1.07 bits per heavy atom. The molecule has 12 heteroatoms. The molecule has 0 radical (unpaired) electrons. The normalized spacial score (nSPS) is 23.1. The Hall–Kier alpha value is -3.54. The van der Waals surface area contributed by atoms with E-state index in [9.17, 15) is 31.9 Å². The molecule has 5 rings (SSSR count). The van der Waals surface area contributed by atoms with Gasteiger partial charge in [0.05, 0.1) is 32.2 Å². The Morgan fingerprint density at radius 3 is 2.40 bits per heavy atom. The van der Waals surface area contributed by atoms with Gasteiger partial charge in [0.15, 0.2) is 0 Å². The van der Waals surface area contributed by atoms with E-state index < -0.39 is 61.8 Å². The number of likely N-dealkylation sites (tertiary alicyclic amines) is 1. The van der Waals surface area contributed by atoms with Crippen molar-refractivity contribution in [2.24, 2.45) is 0 Å². The van der Waals surface area contributed by atoms with Crippen molar-refractivity contribution in [1.82, 2.24) is 20.0 Å². The summed E-state index contributed by atoms with van der Waals surface area (Å²) >= 11 is 0. The van der Waals surface area contributed by atoms with Crippen molar-refractivity contribution in [3.63, 3.8) is 0 Å². The van der Waals surface area contributed by atoms with E-state index in [0.29, 0.717) is 16.7 Å². The lowest BCUT2D eigenvalue weighted by molar-refractivity contribution is -0.159. The first-order valence-electron chi connectivity index (χ1n) is 14.0. The largest absolute Gasteiger partial charge is 0.401 e. The number of hydrogen-bond donors (Lipinski definition) is 1. The van der Waals surface area contributed by atoms with E-state index in [1.165, 1.54) is 6.07 Å².